The lowest BCUT2D eigenvalue weighted by molar-refractivity contribution is -0.131. The number of amides is 2. The highest BCUT2D eigenvalue weighted by Crippen LogP contribution is 2.15. The molecule has 2 amide bonds. The molecule has 0 aromatic heterocycles. The van der Waals surface area contributed by atoms with Crippen LogP contribution >= 0.6 is 0 Å². The smallest absolute Gasteiger partial charge is 0.328 e. The quantitative estimate of drug-likeness (QED) is 0.711. The largest absolute Gasteiger partial charge is 0.478 e. The summed E-state index contributed by atoms with van der Waals surface area (Å²) in [4.78, 5) is 21.9. The lowest BCUT2D eigenvalue weighted by Gasteiger charge is -2.15. The molecule has 0 bridgehead atoms. The van der Waals surface area contributed by atoms with Crippen LogP contribution in [0.25, 0.3) is 6.08 Å². The van der Waals surface area contributed by atoms with E-state index in [4.69, 9.17) is 5.11 Å². The van der Waals surface area contributed by atoms with Crippen LogP contribution in [-0.2, 0) is 4.79 Å². The highest BCUT2D eigenvalue weighted by molar-refractivity contribution is 5.85. The first-order chi connectivity index (χ1) is 9.02. The number of carbonyl (C=O) groups is 2. The van der Waals surface area contributed by atoms with E-state index >= 15 is 0 Å². The molecule has 0 fully saturated rings. The third kappa shape index (κ3) is 5.25. The van der Waals surface area contributed by atoms with Gasteiger partial charge in [-0.1, -0.05) is 18.2 Å². The number of hydrogen-bond acceptors (Lipinski definition) is 2. The van der Waals surface area contributed by atoms with Crippen molar-refractivity contribution in [1.29, 1.82) is 0 Å². The van der Waals surface area contributed by atoms with E-state index in [0.29, 0.717) is 6.54 Å². The van der Waals surface area contributed by atoms with Crippen LogP contribution in [0.4, 0.5) is 4.79 Å². The van der Waals surface area contributed by atoms with Gasteiger partial charge >= 0.3 is 12.0 Å². The Labute approximate surface area is 112 Å². The second-order valence-corrected chi connectivity index (χ2v) is 4.07. The zero-order valence-electron chi connectivity index (χ0n) is 11.0. The zero-order chi connectivity index (χ0) is 14.3. The van der Waals surface area contributed by atoms with E-state index in [1.165, 1.54) is 6.08 Å². The predicted octanol–water partition coefficient (Wildman–Crippen LogP) is 2.16. The van der Waals surface area contributed by atoms with Gasteiger partial charge in [-0.25, -0.2) is 9.59 Å². The third-order valence-corrected chi connectivity index (χ3v) is 2.51. The molecule has 19 heavy (non-hydrogen) atoms. The molecule has 0 aliphatic rings. The summed E-state index contributed by atoms with van der Waals surface area (Å²) in [6, 6.07) is 6.99. The van der Waals surface area contributed by atoms with Gasteiger partial charge in [0.25, 0.3) is 0 Å². The van der Waals surface area contributed by atoms with Gasteiger partial charge in [-0.05, 0) is 37.1 Å². The Bertz CT molecular complexity index is 483. The van der Waals surface area contributed by atoms with Crippen LogP contribution in [0, 0.1) is 0 Å². The van der Waals surface area contributed by atoms with Crippen molar-refractivity contribution < 1.29 is 14.7 Å². The Morgan fingerprint density at radius 2 is 2.16 bits per heavy atom. The van der Waals surface area contributed by atoms with Gasteiger partial charge in [0, 0.05) is 12.6 Å². The van der Waals surface area contributed by atoms with Crippen LogP contribution < -0.4 is 10.6 Å². The molecule has 0 aliphatic heterocycles. The fourth-order valence-electron chi connectivity index (χ4n) is 1.59. The Balaban J connectivity index is 2.75. The van der Waals surface area contributed by atoms with Crippen LogP contribution in [0.1, 0.15) is 31.0 Å². The lowest BCUT2D eigenvalue weighted by atomic mass is 10.0. The maximum Gasteiger partial charge on any atom is 0.328 e. The minimum Gasteiger partial charge on any atom is -0.478 e. The van der Waals surface area contributed by atoms with Crippen molar-refractivity contribution in [1.82, 2.24) is 10.6 Å². The summed E-state index contributed by atoms with van der Waals surface area (Å²) in [6.07, 6.45) is 2.60. The average molecular weight is 262 g/mol. The number of rotatable bonds is 5. The van der Waals surface area contributed by atoms with Crippen LogP contribution in [0.15, 0.2) is 30.3 Å². The Morgan fingerprint density at radius 3 is 2.79 bits per heavy atom. The standard InChI is InChI=1S/C14H18N2O3/c1-3-15-14(19)16-10(2)12-6-4-5-11(9-12)7-8-13(17)18/h4-10H,3H2,1-2H3,(H,17,18)(H2,15,16,19)/b8-7+. The van der Waals surface area contributed by atoms with Crippen molar-refractivity contribution in [2.24, 2.45) is 0 Å². The number of carboxylic acids is 1. The number of carboxylic acid groups (broad SMARTS) is 1. The van der Waals surface area contributed by atoms with Gasteiger partial charge in [0.15, 0.2) is 0 Å². The monoisotopic (exact) mass is 262 g/mol. The van der Waals surface area contributed by atoms with Crippen LogP contribution in [0.2, 0.25) is 0 Å². The molecule has 1 aromatic rings. The van der Waals surface area contributed by atoms with Crippen LogP contribution in [-0.4, -0.2) is 23.7 Å². The van der Waals surface area contributed by atoms with Crippen molar-refractivity contribution in [3.05, 3.63) is 41.5 Å². The van der Waals surface area contributed by atoms with Gasteiger partial charge in [0.05, 0.1) is 6.04 Å². The molecule has 0 heterocycles. The molecule has 3 N–H and O–H groups in total. The molecule has 0 spiro atoms. The van der Waals surface area contributed by atoms with E-state index in [1.807, 2.05) is 38.1 Å². The Morgan fingerprint density at radius 1 is 1.42 bits per heavy atom. The summed E-state index contributed by atoms with van der Waals surface area (Å²) in [5.41, 5.74) is 1.70. The summed E-state index contributed by atoms with van der Waals surface area (Å²) < 4.78 is 0. The first-order valence-corrected chi connectivity index (χ1v) is 6.08. The number of hydrogen-bond donors (Lipinski definition) is 3. The van der Waals surface area contributed by atoms with Gasteiger partial charge in [-0.2, -0.15) is 0 Å². The molecule has 1 rings (SSSR count). The third-order valence-electron chi connectivity index (χ3n) is 2.51. The van der Waals surface area contributed by atoms with Gasteiger partial charge < -0.3 is 15.7 Å². The highest BCUT2D eigenvalue weighted by Gasteiger charge is 2.08. The maximum atomic E-state index is 11.4. The van der Waals surface area contributed by atoms with E-state index in [2.05, 4.69) is 10.6 Å². The number of nitrogens with one attached hydrogen (secondary N) is 2. The van der Waals surface area contributed by atoms with Gasteiger partial charge in [-0.3, -0.25) is 0 Å². The Kier molecular flexibility index (Phi) is 5.60. The SMILES string of the molecule is CCNC(=O)NC(C)c1cccc(/C=C/C(=O)O)c1. The lowest BCUT2D eigenvalue weighted by Crippen LogP contribution is -2.36. The predicted molar refractivity (Wildman–Crippen MR) is 73.7 cm³/mol. The second-order valence-electron chi connectivity index (χ2n) is 4.07. The second kappa shape index (κ2) is 7.20. The zero-order valence-corrected chi connectivity index (χ0v) is 11.0. The van der Waals surface area contributed by atoms with Crippen LogP contribution in [0.5, 0.6) is 0 Å². The van der Waals surface area contributed by atoms with E-state index < -0.39 is 5.97 Å². The topological polar surface area (TPSA) is 78.4 Å². The molecule has 5 heteroatoms. The van der Waals surface area contributed by atoms with Gasteiger partial charge in [-0.15, -0.1) is 0 Å². The molecule has 0 aliphatic carbocycles. The molecule has 0 saturated heterocycles. The summed E-state index contributed by atoms with van der Waals surface area (Å²) >= 11 is 0. The molecular weight excluding hydrogens is 244 g/mol. The van der Waals surface area contributed by atoms with Crippen molar-refractivity contribution >= 4 is 18.1 Å². The first kappa shape index (κ1) is 14.8. The van der Waals surface area contributed by atoms with Crippen molar-refractivity contribution in [2.75, 3.05) is 6.54 Å². The maximum absolute atomic E-state index is 11.4. The molecule has 1 aromatic carbocycles. The summed E-state index contributed by atoms with van der Waals surface area (Å²) in [6.45, 7) is 4.29. The minimum absolute atomic E-state index is 0.148. The van der Waals surface area contributed by atoms with E-state index in [9.17, 15) is 9.59 Å². The Hall–Kier alpha value is -2.30. The number of carbonyl (C=O) groups excluding carboxylic acids is 1. The number of urea groups is 1. The molecule has 1 atom stereocenters. The molecule has 102 valence electrons. The highest BCUT2D eigenvalue weighted by atomic mass is 16.4. The van der Waals surface area contributed by atoms with Crippen molar-refractivity contribution in [3.63, 3.8) is 0 Å². The summed E-state index contributed by atoms with van der Waals surface area (Å²) in [7, 11) is 0. The molecule has 5 nitrogen and oxygen atoms in total. The fourth-order valence-corrected chi connectivity index (χ4v) is 1.59. The average Bonchev–Trinajstić information content (AvgIpc) is 2.37. The van der Waals surface area contributed by atoms with E-state index in [0.717, 1.165) is 17.2 Å². The fraction of sp³-hybridized carbons (Fsp3) is 0.286. The first-order valence-electron chi connectivity index (χ1n) is 6.08. The van der Waals surface area contributed by atoms with Crippen LogP contribution in [0.3, 0.4) is 0 Å². The van der Waals surface area contributed by atoms with Gasteiger partial charge in [0.2, 0.25) is 0 Å². The molecule has 0 saturated carbocycles. The summed E-state index contributed by atoms with van der Waals surface area (Å²) in [5.74, 6) is -0.987. The minimum atomic E-state index is -0.987. The van der Waals surface area contributed by atoms with E-state index in [1.54, 1.807) is 0 Å². The van der Waals surface area contributed by atoms with Gasteiger partial charge in [0.1, 0.15) is 0 Å². The van der Waals surface area contributed by atoms with Crippen molar-refractivity contribution in [2.45, 2.75) is 19.9 Å². The van der Waals surface area contributed by atoms with E-state index in [-0.39, 0.29) is 12.1 Å². The number of aliphatic carboxylic acids is 1. The van der Waals surface area contributed by atoms with Crippen molar-refractivity contribution in [3.8, 4) is 0 Å². The normalized spacial score (nSPS) is 12.1. The molecular formula is C14H18N2O3. The summed E-state index contributed by atoms with van der Waals surface area (Å²) in [5, 5.41) is 14.0. The molecule has 1 unspecified atom stereocenters. The molecule has 0 radical (unpaired) electrons. The number of benzene rings is 1.